The third-order valence-electron chi connectivity index (χ3n) is 5.67. The fraction of sp³-hybridized carbons (Fsp3) is 0.360. The predicted octanol–water partition coefficient (Wildman–Crippen LogP) is 3.15. The molecule has 1 atom stereocenters. The average Bonchev–Trinajstić information content (AvgIpc) is 2.85. The van der Waals surface area contributed by atoms with Gasteiger partial charge in [0.15, 0.2) is 0 Å². The summed E-state index contributed by atoms with van der Waals surface area (Å²) in [5.74, 6) is 0.156. The van der Waals surface area contributed by atoms with Crippen molar-refractivity contribution in [2.75, 3.05) is 63.4 Å². The summed E-state index contributed by atoms with van der Waals surface area (Å²) >= 11 is 6.38. The van der Waals surface area contributed by atoms with Gasteiger partial charge in [0.25, 0.3) is 0 Å². The zero-order chi connectivity index (χ0) is 26.4. The van der Waals surface area contributed by atoms with Gasteiger partial charge in [0.2, 0.25) is 17.8 Å². The largest absolute Gasteiger partial charge is 0.494 e. The van der Waals surface area contributed by atoms with E-state index in [2.05, 4.69) is 37.4 Å². The monoisotopic (exact) mass is 513 g/mol. The number of nitrogens with one attached hydrogen (secondary N) is 3. The Labute approximate surface area is 216 Å². The molecule has 1 aliphatic rings. The molecule has 2 aromatic rings. The smallest absolute Gasteiger partial charge is 0.247 e. The molecule has 192 valence electrons. The highest BCUT2D eigenvalue weighted by atomic mass is 35.5. The number of ether oxygens (including phenoxy) is 1. The number of rotatable bonds is 10. The third-order valence-corrected chi connectivity index (χ3v) is 5.94. The van der Waals surface area contributed by atoms with E-state index in [0.29, 0.717) is 34.4 Å². The number of methoxy groups -OCH3 is 1. The molecule has 11 heteroatoms. The standard InChI is InChI=1S/C25H32ClN7O3/c1-7-22(34)29-18-11-19(21(36-6)12-20(18)33(5)9-8-32(3)4)30-25-28-14-17(26)23(31-25)16-10-15(2)24(35)27-13-16/h7,10-12,14-15H,1,8-9,13H2,2-6H3,(H,27,35)(H,29,34)(H,28,30,31). The first-order chi connectivity index (χ1) is 17.1. The highest BCUT2D eigenvalue weighted by Gasteiger charge is 2.22. The molecule has 1 aliphatic heterocycles. The normalized spacial score (nSPS) is 15.1. The van der Waals surface area contributed by atoms with E-state index in [1.165, 1.54) is 12.3 Å². The molecule has 10 nitrogen and oxygen atoms in total. The average molecular weight is 514 g/mol. The first-order valence-electron chi connectivity index (χ1n) is 11.4. The van der Waals surface area contributed by atoms with E-state index in [1.807, 2.05) is 45.1 Å². The molecule has 1 aromatic heterocycles. The molecule has 2 heterocycles. The Morgan fingerprint density at radius 1 is 1.31 bits per heavy atom. The molecular weight excluding hydrogens is 482 g/mol. The molecule has 0 radical (unpaired) electrons. The van der Waals surface area contributed by atoms with Crippen molar-refractivity contribution >= 4 is 52.0 Å². The highest BCUT2D eigenvalue weighted by molar-refractivity contribution is 6.32. The van der Waals surface area contributed by atoms with Crippen molar-refractivity contribution in [3.8, 4) is 5.75 Å². The van der Waals surface area contributed by atoms with Crippen LogP contribution in [0.5, 0.6) is 5.75 Å². The van der Waals surface area contributed by atoms with Gasteiger partial charge in [-0.15, -0.1) is 0 Å². The van der Waals surface area contributed by atoms with Crippen LogP contribution in [0, 0.1) is 5.92 Å². The Balaban J connectivity index is 1.99. The van der Waals surface area contributed by atoms with Crippen LogP contribution < -0.4 is 25.6 Å². The Kier molecular flexibility index (Phi) is 8.89. The molecular formula is C25H32ClN7O3. The van der Waals surface area contributed by atoms with Crippen LogP contribution >= 0.6 is 11.6 Å². The summed E-state index contributed by atoms with van der Waals surface area (Å²) in [6.45, 7) is 7.24. The van der Waals surface area contributed by atoms with Crippen molar-refractivity contribution in [1.29, 1.82) is 0 Å². The zero-order valence-corrected chi connectivity index (χ0v) is 21.9. The number of nitrogens with zero attached hydrogens (tertiary/aromatic N) is 4. The molecule has 0 bridgehead atoms. The van der Waals surface area contributed by atoms with E-state index in [9.17, 15) is 9.59 Å². The second-order valence-corrected chi connectivity index (χ2v) is 9.11. The van der Waals surface area contributed by atoms with Crippen molar-refractivity contribution in [3.63, 3.8) is 0 Å². The van der Waals surface area contributed by atoms with Crippen molar-refractivity contribution < 1.29 is 14.3 Å². The Hall–Kier alpha value is -3.63. The summed E-state index contributed by atoms with van der Waals surface area (Å²) in [7, 11) is 7.51. The molecule has 3 N–H and O–H groups in total. The maximum absolute atomic E-state index is 12.2. The van der Waals surface area contributed by atoms with Crippen molar-refractivity contribution in [3.05, 3.63) is 47.8 Å². The second-order valence-electron chi connectivity index (χ2n) is 8.70. The summed E-state index contributed by atoms with van der Waals surface area (Å²) in [6, 6.07) is 3.61. The summed E-state index contributed by atoms with van der Waals surface area (Å²) < 4.78 is 5.64. The summed E-state index contributed by atoms with van der Waals surface area (Å²) in [5.41, 5.74) is 3.24. The second kappa shape index (κ2) is 11.9. The number of likely N-dealkylation sites (N-methyl/N-ethyl adjacent to an activating group) is 2. The van der Waals surface area contributed by atoms with Crippen molar-refractivity contribution in [2.24, 2.45) is 5.92 Å². The number of hydrogen-bond donors (Lipinski definition) is 3. The van der Waals surface area contributed by atoms with E-state index in [0.717, 1.165) is 24.4 Å². The van der Waals surface area contributed by atoms with E-state index >= 15 is 0 Å². The van der Waals surface area contributed by atoms with Gasteiger partial charge in [-0.25, -0.2) is 9.97 Å². The predicted molar refractivity (Wildman–Crippen MR) is 144 cm³/mol. The maximum Gasteiger partial charge on any atom is 0.247 e. The van der Waals surface area contributed by atoms with E-state index in [1.54, 1.807) is 13.2 Å². The van der Waals surface area contributed by atoms with E-state index in [4.69, 9.17) is 16.3 Å². The molecule has 0 saturated carbocycles. The number of halogens is 1. The van der Waals surface area contributed by atoms with Crippen LogP contribution in [0.1, 0.15) is 12.6 Å². The van der Waals surface area contributed by atoms with Gasteiger partial charge >= 0.3 is 0 Å². The fourth-order valence-electron chi connectivity index (χ4n) is 3.62. The van der Waals surface area contributed by atoms with Crippen LogP contribution in [0.15, 0.2) is 37.1 Å². The Morgan fingerprint density at radius 2 is 2.06 bits per heavy atom. The lowest BCUT2D eigenvalue weighted by Crippen LogP contribution is -2.34. The van der Waals surface area contributed by atoms with Gasteiger partial charge in [-0.1, -0.05) is 31.2 Å². The van der Waals surface area contributed by atoms with Crippen LogP contribution in [0.2, 0.25) is 5.02 Å². The SMILES string of the molecule is C=CC(=O)Nc1cc(Nc2ncc(Cl)c(C3=CC(C)C(=O)NC3)n2)c(OC)cc1N(C)CCN(C)C. The summed E-state index contributed by atoms with van der Waals surface area (Å²) in [6.07, 6.45) is 4.57. The van der Waals surface area contributed by atoms with Crippen LogP contribution in [-0.2, 0) is 9.59 Å². The number of benzene rings is 1. The molecule has 2 amide bonds. The Morgan fingerprint density at radius 3 is 2.69 bits per heavy atom. The minimum atomic E-state index is -0.334. The molecule has 0 spiro atoms. The molecule has 0 saturated heterocycles. The minimum absolute atomic E-state index is 0.0447. The molecule has 0 aliphatic carbocycles. The highest BCUT2D eigenvalue weighted by Crippen LogP contribution is 2.38. The van der Waals surface area contributed by atoms with Gasteiger partial charge in [-0.3, -0.25) is 9.59 Å². The zero-order valence-electron chi connectivity index (χ0n) is 21.2. The van der Waals surface area contributed by atoms with Gasteiger partial charge in [0, 0.05) is 32.7 Å². The quantitative estimate of drug-likeness (QED) is 0.415. The number of hydrogen-bond acceptors (Lipinski definition) is 8. The van der Waals surface area contributed by atoms with Crippen LogP contribution in [-0.4, -0.2) is 74.6 Å². The number of aromatic nitrogens is 2. The lowest BCUT2D eigenvalue weighted by Gasteiger charge is -2.26. The number of carbonyl (C=O) groups excluding carboxylic acids is 2. The van der Waals surface area contributed by atoms with Gasteiger partial charge in [0.05, 0.1) is 47.0 Å². The van der Waals surface area contributed by atoms with Gasteiger partial charge in [-0.2, -0.15) is 0 Å². The topological polar surface area (TPSA) is 112 Å². The molecule has 1 aromatic carbocycles. The summed E-state index contributed by atoms with van der Waals surface area (Å²) in [4.78, 5) is 37.0. The third kappa shape index (κ3) is 6.52. The van der Waals surface area contributed by atoms with E-state index < -0.39 is 0 Å². The van der Waals surface area contributed by atoms with Crippen LogP contribution in [0.3, 0.4) is 0 Å². The maximum atomic E-state index is 12.2. The van der Waals surface area contributed by atoms with E-state index in [-0.39, 0.29) is 23.7 Å². The van der Waals surface area contributed by atoms with Crippen molar-refractivity contribution in [2.45, 2.75) is 6.92 Å². The number of amides is 2. The van der Waals surface area contributed by atoms with Crippen LogP contribution in [0.25, 0.3) is 5.57 Å². The lowest BCUT2D eigenvalue weighted by atomic mass is 10.0. The van der Waals surface area contributed by atoms with Gasteiger partial charge in [-0.05, 0) is 31.8 Å². The summed E-state index contributed by atoms with van der Waals surface area (Å²) in [5, 5.41) is 9.25. The van der Waals surface area contributed by atoms with Gasteiger partial charge < -0.3 is 30.5 Å². The number of anilines is 4. The molecule has 1 unspecified atom stereocenters. The first-order valence-corrected chi connectivity index (χ1v) is 11.8. The molecule has 0 fully saturated rings. The Bertz CT molecular complexity index is 1180. The first kappa shape index (κ1) is 27.0. The minimum Gasteiger partial charge on any atom is -0.494 e. The lowest BCUT2D eigenvalue weighted by molar-refractivity contribution is -0.123. The van der Waals surface area contributed by atoms with Crippen LogP contribution in [0.4, 0.5) is 23.0 Å². The number of carbonyl (C=O) groups is 2. The van der Waals surface area contributed by atoms with Crippen molar-refractivity contribution in [1.82, 2.24) is 20.2 Å². The van der Waals surface area contributed by atoms with Gasteiger partial charge in [0.1, 0.15) is 5.75 Å². The molecule has 36 heavy (non-hydrogen) atoms. The molecule has 3 rings (SSSR count). The fourth-order valence-corrected chi connectivity index (χ4v) is 3.83.